The first-order chi connectivity index (χ1) is 18.6. The number of sulfonamides is 1. The second kappa shape index (κ2) is 13.4. The van der Waals surface area contributed by atoms with Crippen molar-refractivity contribution in [2.75, 3.05) is 24.3 Å². The van der Waals surface area contributed by atoms with Crippen molar-refractivity contribution in [1.82, 2.24) is 10.7 Å². The molecule has 0 aliphatic carbocycles. The number of methoxy groups -OCH3 is 1. The van der Waals surface area contributed by atoms with Gasteiger partial charge in [0.2, 0.25) is 10.0 Å². The van der Waals surface area contributed by atoms with Crippen LogP contribution in [0.15, 0.2) is 84.0 Å². The molecule has 0 aromatic heterocycles. The van der Waals surface area contributed by atoms with E-state index in [2.05, 4.69) is 15.8 Å². The fraction of sp³-hybridized carbons (Fsp3) is 0.250. The highest BCUT2D eigenvalue weighted by molar-refractivity contribution is 7.92. The predicted molar refractivity (Wildman–Crippen MR) is 150 cm³/mol. The molecule has 0 heterocycles. The molecule has 2 N–H and O–H groups in total. The summed E-state index contributed by atoms with van der Waals surface area (Å²) in [6.45, 7) is 3.24. The maximum absolute atomic E-state index is 12.7. The smallest absolute Gasteiger partial charge is 0.263 e. The van der Waals surface area contributed by atoms with Crippen LogP contribution in [-0.2, 0) is 19.6 Å². The van der Waals surface area contributed by atoms with Gasteiger partial charge in [-0.15, -0.1) is 0 Å². The fourth-order valence-electron chi connectivity index (χ4n) is 3.71. The van der Waals surface area contributed by atoms with Crippen molar-refractivity contribution in [2.24, 2.45) is 5.10 Å². The highest BCUT2D eigenvalue weighted by atomic mass is 32.2. The molecule has 0 aliphatic rings. The van der Waals surface area contributed by atoms with Gasteiger partial charge in [0.05, 0.1) is 31.3 Å². The number of benzene rings is 3. The average Bonchev–Trinajstić information content (AvgIpc) is 2.92. The number of rotatable bonds is 12. The Hall–Kier alpha value is -4.38. The highest BCUT2D eigenvalue weighted by Crippen LogP contribution is 2.24. The van der Waals surface area contributed by atoms with Crippen LogP contribution in [0.5, 0.6) is 11.5 Å². The molecule has 206 valence electrons. The zero-order valence-corrected chi connectivity index (χ0v) is 23.0. The predicted octanol–water partition coefficient (Wildman–Crippen LogP) is 3.26. The number of anilines is 1. The molecule has 2 atom stereocenters. The molecule has 0 radical (unpaired) electrons. The summed E-state index contributed by atoms with van der Waals surface area (Å²) < 4.78 is 36.5. The lowest BCUT2D eigenvalue weighted by Crippen LogP contribution is -2.46. The van der Waals surface area contributed by atoms with Crippen LogP contribution >= 0.6 is 0 Å². The summed E-state index contributed by atoms with van der Waals surface area (Å²) in [4.78, 5) is 24.9. The molecule has 10 nitrogen and oxygen atoms in total. The number of hydrazone groups is 1. The second-order valence-corrected chi connectivity index (χ2v) is 10.6. The van der Waals surface area contributed by atoms with Crippen LogP contribution < -0.4 is 24.5 Å². The maximum Gasteiger partial charge on any atom is 0.263 e. The summed E-state index contributed by atoms with van der Waals surface area (Å²) in [5.41, 5.74) is 4.36. The van der Waals surface area contributed by atoms with Crippen LogP contribution in [0, 0.1) is 0 Å². The third-order valence-corrected chi connectivity index (χ3v) is 6.97. The Morgan fingerprint density at radius 2 is 1.56 bits per heavy atom. The first kappa shape index (κ1) is 29.2. The Morgan fingerprint density at radius 1 is 0.949 bits per heavy atom. The van der Waals surface area contributed by atoms with E-state index in [1.165, 1.54) is 20.2 Å². The zero-order chi connectivity index (χ0) is 28.4. The second-order valence-electron chi connectivity index (χ2n) is 8.72. The number of nitrogens with one attached hydrogen (secondary N) is 2. The molecule has 0 bridgehead atoms. The number of ether oxygens (including phenoxy) is 2. The van der Waals surface area contributed by atoms with Crippen molar-refractivity contribution in [3.8, 4) is 11.5 Å². The zero-order valence-electron chi connectivity index (χ0n) is 22.2. The van der Waals surface area contributed by atoms with E-state index in [-0.39, 0.29) is 18.6 Å². The molecule has 3 aromatic carbocycles. The molecule has 0 aliphatic heterocycles. The van der Waals surface area contributed by atoms with Crippen molar-refractivity contribution in [2.45, 2.75) is 25.9 Å². The molecular weight excluding hydrogens is 520 g/mol. The number of amides is 2. The Bertz CT molecular complexity index is 1380. The minimum absolute atomic E-state index is 0.135. The van der Waals surface area contributed by atoms with Crippen LogP contribution in [0.3, 0.4) is 0 Å². The Morgan fingerprint density at radius 3 is 2.15 bits per heavy atom. The van der Waals surface area contributed by atoms with Crippen molar-refractivity contribution < 1.29 is 27.5 Å². The van der Waals surface area contributed by atoms with E-state index in [0.717, 1.165) is 16.1 Å². The first-order valence-corrected chi connectivity index (χ1v) is 14.0. The van der Waals surface area contributed by atoms with Gasteiger partial charge in [-0.1, -0.05) is 30.3 Å². The molecule has 0 unspecified atom stereocenters. The molecule has 3 rings (SSSR count). The Balaban J connectivity index is 1.52. The molecule has 39 heavy (non-hydrogen) atoms. The number of nitrogens with zero attached hydrogens (tertiary/aromatic N) is 2. The summed E-state index contributed by atoms with van der Waals surface area (Å²) in [6.07, 6.45) is 2.45. The maximum atomic E-state index is 12.7. The highest BCUT2D eigenvalue weighted by Gasteiger charge is 2.29. The quantitative estimate of drug-likeness (QED) is 0.262. The van der Waals surface area contributed by atoms with Crippen molar-refractivity contribution in [1.29, 1.82) is 0 Å². The Labute approximate surface area is 228 Å². The van der Waals surface area contributed by atoms with E-state index in [9.17, 15) is 18.0 Å². The molecular formula is C28H32N4O6S. The number of carbonyl (C=O) groups excluding carboxylic acids is 2. The van der Waals surface area contributed by atoms with Gasteiger partial charge in [-0.2, -0.15) is 5.10 Å². The van der Waals surface area contributed by atoms with E-state index >= 15 is 0 Å². The summed E-state index contributed by atoms with van der Waals surface area (Å²) in [7, 11) is -2.25. The van der Waals surface area contributed by atoms with Gasteiger partial charge in [-0.05, 0) is 73.5 Å². The van der Waals surface area contributed by atoms with Gasteiger partial charge in [0, 0.05) is 0 Å². The summed E-state index contributed by atoms with van der Waals surface area (Å²) in [5, 5.41) is 6.83. The van der Waals surface area contributed by atoms with Gasteiger partial charge >= 0.3 is 0 Å². The standard InChI is InChI=1S/C28H32N4O6S/c1-20(23-8-6-5-7-9-23)30-27(33)19-38-26-14-10-22(11-15-26)18-29-31-28(34)21(2)32(39(4,35)36)24-12-16-25(37-3)17-13-24/h5-18,20-21H,19H2,1-4H3,(H,30,33)(H,31,34)/b29-18-/t20-,21+/m1/s1. The molecule has 2 amide bonds. The van der Waals surface area contributed by atoms with Crippen LogP contribution in [0.1, 0.15) is 31.0 Å². The van der Waals surface area contributed by atoms with E-state index in [1.807, 2.05) is 37.3 Å². The molecule has 3 aromatic rings. The molecule has 11 heteroatoms. The van der Waals surface area contributed by atoms with Gasteiger partial charge in [-0.25, -0.2) is 13.8 Å². The summed E-state index contributed by atoms with van der Waals surface area (Å²) in [6, 6.07) is 21.5. The van der Waals surface area contributed by atoms with Crippen molar-refractivity contribution in [3.05, 3.63) is 90.0 Å². The lowest BCUT2D eigenvalue weighted by Gasteiger charge is -2.27. The van der Waals surface area contributed by atoms with Gasteiger partial charge in [0.15, 0.2) is 6.61 Å². The molecule has 0 saturated carbocycles. The van der Waals surface area contributed by atoms with Gasteiger partial charge in [0.1, 0.15) is 17.5 Å². The normalized spacial score (nSPS) is 12.8. The summed E-state index contributed by atoms with van der Waals surface area (Å²) in [5.74, 6) is 0.205. The SMILES string of the molecule is COc1ccc(N([C@@H](C)C(=O)N/N=C\c2ccc(OCC(=O)N[C@H](C)c3ccccc3)cc2)S(C)(=O)=O)cc1. The summed E-state index contributed by atoms with van der Waals surface area (Å²) >= 11 is 0. The van der Waals surface area contributed by atoms with E-state index in [4.69, 9.17) is 9.47 Å². The average molecular weight is 553 g/mol. The largest absolute Gasteiger partial charge is 0.497 e. The third-order valence-electron chi connectivity index (χ3n) is 5.73. The lowest BCUT2D eigenvalue weighted by atomic mass is 10.1. The van der Waals surface area contributed by atoms with Crippen molar-refractivity contribution in [3.63, 3.8) is 0 Å². The van der Waals surface area contributed by atoms with E-state index in [1.54, 1.807) is 48.5 Å². The topological polar surface area (TPSA) is 126 Å². The van der Waals surface area contributed by atoms with Crippen LogP contribution in [0.2, 0.25) is 0 Å². The minimum Gasteiger partial charge on any atom is -0.497 e. The van der Waals surface area contributed by atoms with Crippen molar-refractivity contribution >= 4 is 33.7 Å². The third kappa shape index (κ3) is 8.57. The van der Waals surface area contributed by atoms with Crippen LogP contribution in [-0.4, -0.2) is 52.5 Å². The number of hydrogen-bond donors (Lipinski definition) is 2. The minimum atomic E-state index is -3.76. The molecule has 0 spiro atoms. The monoisotopic (exact) mass is 552 g/mol. The lowest BCUT2D eigenvalue weighted by molar-refractivity contribution is -0.124. The van der Waals surface area contributed by atoms with Crippen LogP contribution in [0.4, 0.5) is 5.69 Å². The number of carbonyl (C=O) groups is 2. The van der Waals surface area contributed by atoms with Gasteiger partial charge < -0.3 is 14.8 Å². The Kier molecular flexibility index (Phi) is 10.0. The van der Waals surface area contributed by atoms with E-state index < -0.39 is 22.0 Å². The molecule has 0 fully saturated rings. The molecule has 0 saturated heterocycles. The first-order valence-electron chi connectivity index (χ1n) is 12.1. The van der Waals surface area contributed by atoms with E-state index in [0.29, 0.717) is 22.7 Å². The fourth-order valence-corrected chi connectivity index (χ4v) is 4.88. The van der Waals surface area contributed by atoms with Gasteiger partial charge in [-0.3, -0.25) is 13.9 Å². The van der Waals surface area contributed by atoms with Crippen LogP contribution in [0.25, 0.3) is 0 Å². The number of hydrogen-bond acceptors (Lipinski definition) is 7. The van der Waals surface area contributed by atoms with Gasteiger partial charge in [0.25, 0.3) is 11.8 Å².